The molecule has 1 N–H and O–H groups in total. The minimum absolute atomic E-state index is 0.0106. The highest BCUT2D eigenvalue weighted by Crippen LogP contribution is 2.39. The van der Waals surface area contributed by atoms with Crippen LogP contribution in [0.2, 0.25) is 0 Å². The predicted molar refractivity (Wildman–Crippen MR) is 130 cm³/mol. The van der Waals surface area contributed by atoms with Gasteiger partial charge in [0.15, 0.2) is 0 Å². The van der Waals surface area contributed by atoms with Gasteiger partial charge in [-0.1, -0.05) is 38.1 Å². The van der Waals surface area contributed by atoms with Crippen LogP contribution in [-0.2, 0) is 10.2 Å². The fourth-order valence-electron chi connectivity index (χ4n) is 4.26. The van der Waals surface area contributed by atoms with Gasteiger partial charge in [-0.25, -0.2) is 4.98 Å². The molecular formula is C27H30N4O4. The van der Waals surface area contributed by atoms with Crippen LogP contribution in [0.1, 0.15) is 80.9 Å². The first-order chi connectivity index (χ1) is 16.8. The van der Waals surface area contributed by atoms with E-state index in [1.165, 1.54) is 0 Å². The number of fused-ring (bicyclic) bond motifs is 1. The number of aromatic nitrogens is 3. The van der Waals surface area contributed by atoms with E-state index in [2.05, 4.69) is 20.4 Å². The Balaban J connectivity index is 1.35. The molecule has 3 heterocycles. The number of ether oxygens (including phenoxy) is 1. The monoisotopic (exact) mass is 474 g/mol. The molecule has 35 heavy (non-hydrogen) atoms. The molecule has 8 nitrogen and oxygen atoms in total. The van der Waals surface area contributed by atoms with E-state index in [4.69, 9.17) is 9.26 Å². The molecule has 0 bridgehead atoms. The van der Waals surface area contributed by atoms with E-state index in [1.54, 1.807) is 6.20 Å². The number of ketones is 1. The SMILES string of the molecule is CC(C)(C)c1nc(C(=O)C[C@@H]2CCCOc3cc(-c4ccnc(NC(=O)C5CC5)c4)ccc32)no1. The predicted octanol–water partition coefficient (Wildman–Crippen LogP) is 5.31. The third-order valence-electron chi connectivity index (χ3n) is 6.45. The third-order valence-corrected chi connectivity index (χ3v) is 6.45. The van der Waals surface area contributed by atoms with Crippen LogP contribution in [-0.4, -0.2) is 33.4 Å². The minimum Gasteiger partial charge on any atom is -0.493 e. The van der Waals surface area contributed by atoms with Gasteiger partial charge in [0.25, 0.3) is 0 Å². The van der Waals surface area contributed by atoms with Gasteiger partial charge in [0, 0.05) is 24.0 Å². The number of Topliss-reactive ketones (excluding diaryl/α,β-unsaturated/α-hetero) is 1. The lowest BCUT2D eigenvalue weighted by Gasteiger charge is -2.16. The zero-order valence-corrected chi connectivity index (χ0v) is 20.3. The summed E-state index contributed by atoms with van der Waals surface area (Å²) < 4.78 is 11.4. The van der Waals surface area contributed by atoms with Gasteiger partial charge in [0.05, 0.1) is 6.61 Å². The van der Waals surface area contributed by atoms with Crippen LogP contribution in [0.15, 0.2) is 41.1 Å². The summed E-state index contributed by atoms with van der Waals surface area (Å²) in [5.74, 6) is 1.95. The lowest BCUT2D eigenvalue weighted by molar-refractivity contribution is -0.117. The molecule has 3 aromatic rings. The number of carbonyl (C=O) groups is 2. The topological polar surface area (TPSA) is 107 Å². The maximum absolute atomic E-state index is 13.0. The van der Waals surface area contributed by atoms with Crippen LogP contribution < -0.4 is 10.1 Å². The first-order valence-electron chi connectivity index (χ1n) is 12.2. The molecular weight excluding hydrogens is 444 g/mol. The highest BCUT2D eigenvalue weighted by molar-refractivity contribution is 5.94. The summed E-state index contributed by atoms with van der Waals surface area (Å²) in [6.07, 6.45) is 5.58. The number of nitrogens with zero attached hydrogens (tertiary/aromatic N) is 3. The number of nitrogens with one attached hydrogen (secondary N) is 1. The van der Waals surface area contributed by atoms with Crippen LogP contribution in [0.25, 0.3) is 11.1 Å². The molecule has 0 saturated heterocycles. The van der Waals surface area contributed by atoms with Crippen molar-refractivity contribution < 1.29 is 18.8 Å². The molecule has 1 amide bonds. The molecule has 1 fully saturated rings. The van der Waals surface area contributed by atoms with Crippen molar-refractivity contribution in [2.24, 2.45) is 5.92 Å². The summed E-state index contributed by atoms with van der Waals surface area (Å²) in [6, 6.07) is 9.86. The molecule has 2 aliphatic rings. The molecule has 1 atom stereocenters. The van der Waals surface area contributed by atoms with Crippen LogP contribution in [0.5, 0.6) is 5.75 Å². The van der Waals surface area contributed by atoms with Gasteiger partial charge in [-0.3, -0.25) is 9.59 Å². The quantitative estimate of drug-likeness (QED) is 0.483. The number of amides is 1. The number of carbonyl (C=O) groups excluding carboxylic acids is 2. The van der Waals surface area contributed by atoms with E-state index in [0.717, 1.165) is 48.1 Å². The highest BCUT2D eigenvalue weighted by Gasteiger charge is 2.30. The van der Waals surface area contributed by atoms with E-state index < -0.39 is 0 Å². The molecule has 1 aliphatic carbocycles. The van der Waals surface area contributed by atoms with Gasteiger partial charge >= 0.3 is 0 Å². The molecule has 8 heteroatoms. The summed E-state index contributed by atoms with van der Waals surface area (Å²) in [6.45, 7) is 6.50. The van der Waals surface area contributed by atoms with Gasteiger partial charge < -0.3 is 14.6 Å². The fraction of sp³-hybridized carbons (Fsp3) is 0.444. The van der Waals surface area contributed by atoms with Gasteiger partial charge in [0.2, 0.25) is 23.4 Å². The maximum Gasteiger partial charge on any atom is 0.238 e. The zero-order chi connectivity index (χ0) is 24.6. The Kier molecular flexibility index (Phi) is 6.13. The van der Waals surface area contributed by atoms with Crippen LogP contribution in [0, 0.1) is 5.92 Å². The molecule has 0 spiro atoms. The molecule has 2 aromatic heterocycles. The molecule has 182 valence electrons. The standard InChI is InChI=1S/C27H30N4O4/c1-27(2,3)26-30-24(31-35-26)21(32)13-19-5-4-12-34-22-14-17(8-9-20(19)22)18-10-11-28-23(15-18)29-25(33)16-6-7-16/h8-11,14-16,19H,4-7,12-13H2,1-3H3,(H,28,29,33)/t19-/m0/s1. The second kappa shape index (κ2) is 9.24. The lowest BCUT2D eigenvalue weighted by Crippen LogP contribution is -2.14. The largest absolute Gasteiger partial charge is 0.493 e. The summed E-state index contributed by atoms with van der Waals surface area (Å²) in [7, 11) is 0. The van der Waals surface area contributed by atoms with Gasteiger partial charge in [-0.2, -0.15) is 4.98 Å². The van der Waals surface area contributed by atoms with E-state index in [9.17, 15) is 9.59 Å². The Morgan fingerprint density at radius 3 is 2.63 bits per heavy atom. The van der Waals surface area contributed by atoms with Gasteiger partial charge in [-0.05, 0) is 66.5 Å². The number of rotatable bonds is 6. The molecule has 1 saturated carbocycles. The average molecular weight is 475 g/mol. The Morgan fingerprint density at radius 2 is 1.89 bits per heavy atom. The van der Waals surface area contributed by atoms with Crippen molar-refractivity contribution in [3.63, 3.8) is 0 Å². The van der Waals surface area contributed by atoms with E-state index in [-0.39, 0.29) is 34.8 Å². The Labute approximate surface area is 204 Å². The van der Waals surface area contributed by atoms with Gasteiger partial charge in [0.1, 0.15) is 11.6 Å². The third kappa shape index (κ3) is 5.26. The minimum atomic E-state index is -0.307. The van der Waals surface area contributed by atoms with Crippen molar-refractivity contribution in [2.75, 3.05) is 11.9 Å². The summed E-state index contributed by atoms with van der Waals surface area (Å²) in [5.41, 5.74) is 2.61. The molecule has 0 radical (unpaired) electrons. The zero-order valence-electron chi connectivity index (χ0n) is 20.3. The van der Waals surface area contributed by atoms with Crippen molar-refractivity contribution in [3.05, 3.63) is 53.8 Å². The molecule has 1 aliphatic heterocycles. The Bertz CT molecular complexity index is 1260. The van der Waals surface area contributed by atoms with E-state index in [1.807, 2.05) is 51.1 Å². The highest BCUT2D eigenvalue weighted by atomic mass is 16.5. The van der Waals surface area contributed by atoms with Gasteiger partial charge in [-0.15, -0.1) is 0 Å². The number of anilines is 1. The van der Waals surface area contributed by atoms with Crippen LogP contribution in [0.3, 0.4) is 0 Å². The first kappa shape index (κ1) is 23.2. The Morgan fingerprint density at radius 1 is 1.09 bits per heavy atom. The Hall–Kier alpha value is -3.55. The van der Waals surface area contributed by atoms with Crippen molar-refractivity contribution in [3.8, 4) is 16.9 Å². The fourth-order valence-corrected chi connectivity index (χ4v) is 4.26. The number of pyridine rings is 1. The molecule has 5 rings (SSSR count). The average Bonchev–Trinajstić information content (AvgIpc) is 3.59. The molecule has 0 unspecified atom stereocenters. The molecule has 1 aromatic carbocycles. The summed E-state index contributed by atoms with van der Waals surface area (Å²) in [4.78, 5) is 33.7. The van der Waals surface area contributed by atoms with Crippen LogP contribution >= 0.6 is 0 Å². The summed E-state index contributed by atoms with van der Waals surface area (Å²) in [5, 5.41) is 6.83. The van der Waals surface area contributed by atoms with Crippen molar-refractivity contribution in [2.45, 2.75) is 64.2 Å². The van der Waals surface area contributed by atoms with Crippen molar-refractivity contribution in [1.82, 2.24) is 15.1 Å². The number of benzene rings is 1. The number of hydrogen-bond acceptors (Lipinski definition) is 7. The van der Waals surface area contributed by atoms with Crippen molar-refractivity contribution in [1.29, 1.82) is 0 Å². The van der Waals surface area contributed by atoms with Crippen molar-refractivity contribution >= 4 is 17.5 Å². The second-order valence-corrected chi connectivity index (χ2v) is 10.4. The smallest absolute Gasteiger partial charge is 0.238 e. The lowest BCUT2D eigenvalue weighted by atomic mass is 9.88. The van der Waals surface area contributed by atoms with Crippen LogP contribution in [0.4, 0.5) is 5.82 Å². The first-order valence-corrected chi connectivity index (χ1v) is 12.2. The van der Waals surface area contributed by atoms with E-state index in [0.29, 0.717) is 24.7 Å². The van der Waals surface area contributed by atoms with E-state index >= 15 is 0 Å². The normalized spacial score (nSPS) is 17.7. The second-order valence-electron chi connectivity index (χ2n) is 10.4. The summed E-state index contributed by atoms with van der Waals surface area (Å²) >= 11 is 0. The number of hydrogen-bond donors (Lipinski definition) is 1. The maximum atomic E-state index is 13.0.